The molecule has 0 saturated carbocycles. The molecule has 0 N–H and O–H groups in total. The first kappa shape index (κ1) is 28.7. The molecule has 0 radical (unpaired) electrons. The molecule has 0 amide bonds. The number of Topliss-reactive ketones (excluding diaryl/α,β-unsaturated/α-hetero) is 1. The van der Waals surface area contributed by atoms with Crippen LogP contribution in [-0.4, -0.2) is 54.7 Å². The molecule has 1 saturated heterocycles. The lowest BCUT2D eigenvalue weighted by atomic mass is 9.99. The fourth-order valence-corrected chi connectivity index (χ4v) is 5.03. The van der Waals surface area contributed by atoms with Gasteiger partial charge in [-0.25, -0.2) is 0 Å². The van der Waals surface area contributed by atoms with Crippen LogP contribution in [0.5, 0.6) is 5.75 Å². The lowest BCUT2D eigenvalue weighted by Crippen LogP contribution is -2.59. The summed E-state index contributed by atoms with van der Waals surface area (Å²) in [4.78, 5) is 37.0. The second-order valence-electron chi connectivity index (χ2n) is 8.99. The van der Waals surface area contributed by atoms with E-state index >= 15 is 0 Å². The van der Waals surface area contributed by atoms with Gasteiger partial charge in [-0.3, -0.25) is 9.59 Å². The summed E-state index contributed by atoms with van der Waals surface area (Å²) in [7, 11) is 1.59. The molecule has 8 nitrogen and oxygen atoms in total. The maximum atomic E-state index is 12.6. The van der Waals surface area contributed by atoms with Gasteiger partial charge >= 0.3 is 11.9 Å². The summed E-state index contributed by atoms with van der Waals surface area (Å²) < 4.78 is 29.2. The largest absolute Gasteiger partial charge is 0.497 e. The van der Waals surface area contributed by atoms with Crippen molar-refractivity contribution in [2.45, 2.75) is 81.9 Å². The highest BCUT2D eigenvalue weighted by molar-refractivity contribution is 7.99. The molecule has 2 aromatic rings. The van der Waals surface area contributed by atoms with Crippen LogP contribution < -0.4 is 4.74 Å². The van der Waals surface area contributed by atoms with Crippen LogP contribution >= 0.6 is 11.8 Å². The first-order valence-electron chi connectivity index (χ1n) is 12.2. The lowest BCUT2D eigenvalue weighted by Gasteiger charge is -2.44. The quantitative estimate of drug-likeness (QED) is 0.385. The highest BCUT2D eigenvalue weighted by atomic mass is 32.2. The van der Waals surface area contributed by atoms with E-state index in [2.05, 4.69) is 0 Å². The zero-order valence-electron chi connectivity index (χ0n) is 21.8. The summed E-state index contributed by atoms with van der Waals surface area (Å²) in [6.07, 6.45) is -3.04. The van der Waals surface area contributed by atoms with Crippen LogP contribution in [-0.2, 0) is 39.9 Å². The first-order chi connectivity index (χ1) is 17.7. The Morgan fingerprint density at radius 1 is 0.892 bits per heavy atom. The molecule has 1 heterocycles. The Labute approximate surface area is 221 Å². The average molecular weight is 531 g/mol. The van der Waals surface area contributed by atoms with E-state index in [0.717, 1.165) is 16.0 Å². The lowest BCUT2D eigenvalue weighted by molar-refractivity contribution is -0.233. The van der Waals surface area contributed by atoms with Gasteiger partial charge in [-0.15, -0.1) is 0 Å². The number of carbonyl (C=O) groups excluding carboxylic acids is 3. The van der Waals surface area contributed by atoms with E-state index < -0.39 is 41.8 Å². The molecule has 0 spiro atoms. The van der Waals surface area contributed by atoms with Crippen molar-refractivity contribution in [1.82, 2.24) is 0 Å². The molecule has 1 aliphatic heterocycles. The van der Waals surface area contributed by atoms with Gasteiger partial charge in [0.1, 0.15) is 23.1 Å². The Bertz CT molecular complexity index is 1050. The van der Waals surface area contributed by atoms with Crippen molar-refractivity contribution in [3.63, 3.8) is 0 Å². The highest BCUT2D eigenvalue weighted by Crippen LogP contribution is 2.37. The van der Waals surface area contributed by atoms with Crippen LogP contribution in [0.15, 0.2) is 53.4 Å². The predicted molar refractivity (Wildman–Crippen MR) is 138 cm³/mol. The number of rotatable bonds is 11. The number of esters is 2. The third kappa shape index (κ3) is 8.59. The van der Waals surface area contributed by atoms with Gasteiger partial charge in [-0.2, -0.15) is 0 Å². The van der Waals surface area contributed by atoms with E-state index in [1.807, 2.05) is 55.5 Å². The molecule has 2 aromatic carbocycles. The normalized spacial score (nSPS) is 23.2. The van der Waals surface area contributed by atoms with E-state index in [1.165, 1.54) is 25.6 Å². The standard InChI is InChI=1S/C28H34O8S/c1-17-6-13-23(14-7-17)37-28-27(35-20(4)30)26(33-16-21-9-11-22(32-5)12-10-21)25(19(3)34-28)36-24(31)15-8-18(2)29/h6-7,9-14,19,25-28H,8,15-16H2,1-5H3/t19-,25-,26+,27+,28-/m0/s1. The number of thioether (sulfide) groups is 1. The van der Waals surface area contributed by atoms with Gasteiger partial charge in [0, 0.05) is 18.2 Å². The summed E-state index contributed by atoms with van der Waals surface area (Å²) in [5.41, 5.74) is 1.39. The molecule has 0 bridgehead atoms. The van der Waals surface area contributed by atoms with Crippen molar-refractivity contribution in [2.75, 3.05) is 7.11 Å². The molecule has 200 valence electrons. The summed E-state index contributed by atoms with van der Waals surface area (Å²) in [5, 5.41) is 0. The molecule has 1 fully saturated rings. The third-order valence-electron chi connectivity index (χ3n) is 5.85. The zero-order valence-corrected chi connectivity index (χ0v) is 22.6. The molecular weight excluding hydrogens is 496 g/mol. The smallest absolute Gasteiger partial charge is 0.306 e. The number of hydrogen-bond acceptors (Lipinski definition) is 9. The minimum atomic E-state index is -0.858. The number of carbonyl (C=O) groups is 3. The number of ketones is 1. The van der Waals surface area contributed by atoms with Gasteiger partial charge in [0.15, 0.2) is 12.2 Å². The fraction of sp³-hybridized carbons (Fsp3) is 0.464. The van der Waals surface area contributed by atoms with Crippen molar-refractivity contribution in [3.8, 4) is 5.75 Å². The molecule has 0 aromatic heterocycles. The molecule has 0 aliphatic carbocycles. The van der Waals surface area contributed by atoms with Crippen molar-refractivity contribution >= 4 is 29.5 Å². The van der Waals surface area contributed by atoms with E-state index in [0.29, 0.717) is 5.75 Å². The van der Waals surface area contributed by atoms with Gasteiger partial charge in [0.05, 0.1) is 26.2 Å². The molecule has 9 heteroatoms. The predicted octanol–water partition coefficient (Wildman–Crippen LogP) is 4.64. The van der Waals surface area contributed by atoms with Crippen LogP contribution in [0.25, 0.3) is 0 Å². The van der Waals surface area contributed by atoms with E-state index in [9.17, 15) is 14.4 Å². The molecular formula is C28H34O8S. The van der Waals surface area contributed by atoms with Gasteiger partial charge in [0.25, 0.3) is 0 Å². The van der Waals surface area contributed by atoms with Crippen LogP contribution in [0.4, 0.5) is 0 Å². The first-order valence-corrected chi connectivity index (χ1v) is 13.0. The number of ether oxygens (including phenoxy) is 5. The van der Waals surface area contributed by atoms with Gasteiger partial charge < -0.3 is 28.5 Å². The zero-order chi connectivity index (χ0) is 26.9. The number of aryl methyl sites for hydroxylation is 1. The highest BCUT2D eigenvalue weighted by Gasteiger charge is 2.49. The second-order valence-corrected chi connectivity index (χ2v) is 10.2. The van der Waals surface area contributed by atoms with Crippen LogP contribution in [0.1, 0.15) is 44.7 Å². The summed E-state index contributed by atoms with van der Waals surface area (Å²) in [5.74, 6) is -0.435. The van der Waals surface area contributed by atoms with Gasteiger partial charge in [0.2, 0.25) is 0 Å². The molecule has 5 atom stereocenters. The molecule has 0 unspecified atom stereocenters. The second kappa shape index (κ2) is 13.6. The van der Waals surface area contributed by atoms with Crippen molar-refractivity contribution in [2.24, 2.45) is 0 Å². The minimum absolute atomic E-state index is 0.0521. The van der Waals surface area contributed by atoms with Gasteiger partial charge in [-0.1, -0.05) is 41.6 Å². The van der Waals surface area contributed by atoms with Crippen LogP contribution in [0.3, 0.4) is 0 Å². The monoisotopic (exact) mass is 530 g/mol. The Balaban J connectivity index is 1.87. The average Bonchev–Trinajstić information content (AvgIpc) is 2.86. The number of methoxy groups -OCH3 is 1. The van der Waals surface area contributed by atoms with E-state index in [-0.39, 0.29) is 25.2 Å². The van der Waals surface area contributed by atoms with Crippen LogP contribution in [0, 0.1) is 6.92 Å². The number of hydrogen-bond donors (Lipinski definition) is 0. The Kier molecular flexibility index (Phi) is 10.5. The Morgan fingerprint density at radius 2 is 1.57 bits per heavy atom. The summed E-state index contributed by atoms with van der Waals surface area (Å²) >= 11 is 1.41. The van der Waals surface area contributed by atoms with Gasteiger partial charge in [-0.05, 0) is 50.6 Å². The minimum Gasteiger partial charge on any atom is -0.497 e. The Morgan fingerprint density at radius 3 is 2.16 bits per heavy atom. The Hall–Kier alpha value is -2.88. The molecule has 3 rings (SSSR count). The van der Waals surface area contributed by atoms with E-state index in [1.54, 1.807) is 14.0 Å². The van der Waals surface area contributed by atoms with Crippen molar-refractivity contribution in [1.29, 1.82) is 0 Å². The molecule has 1 aliphatic rings. The SMILES string of the molecule is COc1ccc(CO[C@@H]2[C@@H](OC(=O)CCC(C)=O)[C@H](C)O[C@@H](Sc3ccc(C)cc3)[C@@H]2OC(C)=O)cc1. The van der Waals surface area contributed by atoms with Crippen molar-refractivity contribution < 1.29 is 38.1 Å². The summed E-state index contributed by atoms with van der Waals surface area (Å²) in [6, 6.07) is 15.3. The number of benzene rings is 2. The topological polar surface area (TPSA) is 97.4 Å². The van der Waals surface area contributed by atoms with Crippen molar-refractivity contribution in [3.05, 3.63) is 59.7 Å². The van der Waals surface area contributed by atoms with E-state index in [4.69, 9.17) is 23.7 Å². The van der Waals surface area contributed by atoms with Crippen LogP contribution in [0.2, 0.25) is 0 Å². The maximum absolute atomic E-state index is 12.6. The fourth-order valence-electron chi connectivity index (χ4n) is 3.89. The third-order valence-corrected chi connectivity index (χ3v) is 7.01. The molecule has 37 heavy (non-hydrogen) atoms. The summed E-state index contributed by atoms with van der Waals surface area (Å²) in [6.45, 7) is 6.72. The maximum Gasteiger partial charge on any atom is 0.306 e.